The van der Waals surface area contributed by atoms with Gasteiger partial charge in [-0.1, -0.05) is 12.1 Å². The lowest BCUT2D eigenvalue weighted by molar-refractivity contribution is 0.0213. The van der Waals surface area contributed by atoms with Crippen LogP contribution in [0.25, 0.3) is 0 Å². The van der Waals surface area contributed by atoms with Gasteiger partial charge in [0.1, 0.15) is 0 Å². The smallest absolute Gasteiger partial charge is 0.0744 e. The highest BCUT2D eigenvalue weighted by molar-refractivity contribution is 5.39. The zero-order valence-electron chi connectivity index (χ0n) is 9.00. The molecular formula is C12H17NO. The number of nitrogens with two attached hydrogens (primary N) is 1. The fraction of sp³-hybridized carbons (Fsp3) is 0.500. The minimum atomic E-state index is 0.0260. The van der Waals surface area contributed by atoms with Gasteiger partial charge in [-0.3, -0.25) is 0 Å². The van der Waals surface area contributed by atoms with Gasteiger partial charge in [-0.15, -0.1) is 0 Å². The SMILES string of the molecule is Cc1cc2c(cc1C)C(N)[C@H](C)OC2. The largest absolute Gasteiger partial charge is 0.372 e. The Morgan fingerprint density at radius 3 is 2.64 bits per heavy atom. The molecule has 2 N–H and O–H groups in total. The third-order valence-electron chi connectivity index (χ3n) is 3.12. The molecule has 0 fully saturated rings. The van der Waals surface area contributed by atoms with Gasteiger partial charge in [0.15, 0.2) is 0 Å². The van der Waals surface area contributed by atoms with Crippen molar-refractivity contribution in [3.8, 4) is 0 Å². The Labute approximate surface area is 85.1 Å². The van der Waals surface area contributed by atoms with E-state index in [2.05, 4.69) is 26.0 Å². The van der Waals surface area contributed by atoms with Gasteiger partial charge >= 0.3 is 0 Å². The molecule has 1 aliphatic heterocycles. The monoisotopic (exact) mass is 191 g/mol. The molecule has 2 nitrogen and oxygen atoms in total. The molecule has 2 atom stereocenters. The maximum atomic E-state index is 6.08. The quantitative estimate of drug-likeness (QED) is 0.682. The Morgan fingerprint density at radius 1 is 1.29 bits per heavy atom. The van der Waals surface area contributed by atoms with Crippen molar-refractivity contribution in [2.75, 3.05) is 0 Å². The fourth-order valence-corrected chi connectivity index (χ4v) is 1.91. The van der Waals surface area contributed by atoms with Crippen LogP contribution >= 0.6 is 0 Å². The lowest BCUT2D eigenvalue weighted by atomic mass is 9.91. The first-order chi connectivity index (χ1) is 6.59. The van der Waals surface area contributed by atoms with Crippen molar-refractivity contribution in [1.29, 1.82) is 0 Å². The summed E-state index contributed by atoms with van der Waals surface area (Å²) >= 11 is 0. The minimum absolute atomic E-state index is 0.0260. The van der Waals surface area contributed by atoms with Crippen LogP contribution in [-0.2, 0) is 11.3 Å². The Hall–Kier alpha value is -0.860. The van der Waals surface area contributed by atoms with Gasteiger partial charge in [0.05, 0.1) is 18.8 Å². The van der Waals surface area contributed by atoms with Crippen LogP contribution in [0.2, 0.25) is 0 Å². The summed E-state index contributed by atoms with van der Waals surface area (Å²) in [6.45, 7) is 6.98. The molecule has 1 unspecified atom stereocenters. The molecule has 0 aliphatic carbocycles. The molecule has 76 valence electrons. The molecule has 1 aromatic carbocycles. The standard InChI is InChI=1S/C12H17NO/c1-7-4-10-6-14-9(3)12(13)11(10)5-8(7)2/h4-5,9,12H,6,13H2,1-3H3/t9-,12?/m0/s1. The molecule has 1 aliphatic rings. The van der Waals surface area contributed by atoms with Crippen LogP contribution in [0.3, 0.4) is 0 Å². The lowest BCUT2D eigenvalue weighted by Crippen LogP contribution is -2.31. The van der Waals surface area contributed by atoms with Crippen molar-refractivity contribution in [1.82, 2.24) is 0 Å². The van der Waals surface area contributed by atoms with Crippen LogP contribution in [-0.4, -0.2) is 6.10 Å². The topological polar surface area (TPSA) is 35.2 Å². The van der Waals surface area contributed by atoms with E-state index in [4.69, 9.17) is 10.5 Å². The van der Waals surface area contributed by atoms with E-state index in [-0.39, 0.29) is 12.1 Å². The molecule has 1 heterocycles. The number of hydrogen-bond acceptors (Lipinski definition) is 2. The number of hydrogen-bond donors (Lipinski definition) is 1. The highest BCUT2D eigenvalue weighted by Crippen LogP contribution is 2.29. The van der Waals surface area contributed by atoms with E-state index in [1.54, 1.807) is 0 Å². The summed E-state index contributed by atoms with van der Waals surface area (Å²) in [4.78, 5) is 0. The predicted molar refractivity (Wildman–Crippen MR) is 57.1 cm³/mol. The van der Waals surface area contributed by atoms with E-state index in [1.165, 1.54) is 22.3 Å². The van der Waals surface area contributed by atoms with E-state index in [1.807, 2.05) is 6.92 Å². The number of benzene rings is 1. The number of rotatable bonds is 0. The second-order valence-electron chi connectivity index (χ2n) is 4.18. The Kier molecular flexibility index (Phi) is 2.33. The Morgan fingerprint density at radius 2 is 1.93 bits per heavy atom. The molecular weight excluding hydrogens is 174 g/mol. The van der Waals surface area contributed by atoms with Crippen molar-refractivity contribution >= 4 is 0 Å². The summed E-state index contributed by atoms with van der Waals surface area (Å²) in [6, 6.07) is 4.42. The summed E-state index contributed by atoms with van der Waals surface area (Å²) in [7, 11) is 0. The van der Waals surface area contributed by atoms with Gasteiger partial charge in [0, 0.05) is 0 Å². The average molecular weight is 191 g/mol. The van der Waals surface area contributed by atoms with E-state index >= 15 is 0 Å². The van der Waals surface area contributed by atoms with Gasteiger partial charge in [-0.05, 0) is 43.0 Å². The lowest BCUT2D eigenvalue weighted by Gasteiger charge is -2.29. The highest BCUT2D eigenvalue weighted by Gasteiger charge is 2.24. The van der Waals surface area contributed by atoms with Gasteiger partial charge < -0.3 is 10.5 Å². The molecule has 2 heteroatoms. The molecule has 0 aromatic heterocycles. The van der Waals surface area contributed by atoms with Crippen molar-refractivity contribution in [3.05, 3.63) is 34.4 Å². The summed E-state index contributed by atoms with van der Waals surface area (Å²) < 4.78 is 5.59. The van der Waals surface area contributed by atoms with Crippen LogP contribution in [0.1, 0.15) is 35.2 Å². The van der Waals surface area contributed by atoms with Crippen molar-refractivity contribution in [3.63, 3.8) is 0 Å². The fourth-order valence-electron chi connectivity index (χ4n) is 1.91. The van der Waals surface area contributed by atoms with Gasteiger partial charge in [0.25, 0.3) is 0 Å². The zero-order chi connectivity index (χ0) is 10.3. The molecule has 1 aromatic rings. The van der Waals surface area contributed by atoms with Gasteiger partial charge in [-0.2, -0.15) is 0 Å². The minimum Gasteiger partial charge on any atom is -0.372 e. The van der Waals surface area contributed by atoms with Crippen molar-refractivity contribution < 1.29 is 4.74 Å². The summed E-state index contributed by atoms with van der Waals surface area (Å²) in [5, 5.41) is 0. The van der Waals surface area contributed by atoms with E-state index in [0.29, 0.717) is 6.61 Å². The molecule has 0 spiro atoms. The third-order valence-corrected chi connectivity index (χ3v) is 3.12. The van der Waals surface area contributed by atoms with Crippen LogP contribution in [0.15, 0.2) is 12.1 Å². The van der Waals surface area contributed by atoms with Crippen molar-refractivity contribution in [2.24, 2.45) is 5.73 Å². The predicted octanol–water partition coefficient (Wildman–Crippen LogP) is 2.22. The zero-order valence-corrected chi connectivity index (χ0v) is 9.00. The molecule has 0 bridgehead atoms. The molecule has 0 saturated carbocycles. The molecule has 2 rings (SSSR count). The molecule has 0 saturated heterocycles. The van der Waals surface area contributed by atoms with Gasteiger partial charge in [-0.25, -0.2) is 0 Å². The normalized spacial score (nSPS) is 26.0. The maximum Gasteiger partial charge on any atom is 0.0744 e. The summed E-state index contributed by atoms with van der Waals surface area (Å²) in [5.41, 5.74) is 11.2. The number of ether oxygens (including phenoxy) is 1. The van der Waals surface area contributed by atoms with Crippen LogP contribution in [0.5, 0.6) is 0 Å². The molecule has 14 heavy (non-hydrogen) atoms. The number of fused-ring (bicyclic) bond motifs is 1. The highest BCUT2D eigenvalue weighted by atomic mass is 16.5. The van der Waals surface area contributed by atoms with Crippen LogP contribution in [0, 0.1) is 13.8 Å². The van der Waals surface area contributed by atoms with E-state index in [0.717, 1.165) is 0 Å². The second-order valence-corrected chi connectivity index (χ2v) is 4.18. The first-order valence-corrected chi connectivity index (χ1v) is 5.07. The third kappa shape index (κ3) is 1.45. The molecule has 0 amide bonds. The number of aryl methyl sites for hydroxylation is 2. The maximum absolute atomic E-state index is 6.08. The summed E-state index contributed by atoms with van der Waals surface area (Å²) in [5.74, 6) is 0. The van der Waals surface area contributed by atoms with Crippen LogP contribution in [0.4, 0.5) is 0 Å². The van der Waals surface area contributed by atoms with Crippen molar-refractivity contribution in [2.45, 2.75) is 39.5 Å². The van der Waals surface area contributed by atoms with Gasteiger partial charge in [0.2, 0.25) is 0 Å². The second kappa shape index (κ2) is 3.37. The first-order valence-electron chi connectivity index (χ1n) is 5.07. The summed E-state index contributed by atoms with van der Waals surface area (Å²) in [6.07, 6.45) is 0.129. The van der Waals surface area contributed by atoms with E-state index < -0.39 is 0 Å². The Bertz CT molecular complexity index is 360. The van der Waals surface area contributed by atoms with Crippen LogP contribution < -0.4 is 5.73 Å². The first kappa shape index (κ1) is 9.69. The van der Waals surface area contributed by atoms with E-state index in [9.17, 15) is 0 Å². The Balaban J connectivity index is 2.50. The average Bonchev–Trinajstić information content (AvgIpc) is 2.15. The molecule has 0 radical (unpaired) electrons.